The van der Waals surface area contributed by atoms with Crippen LogP contribution in [0.25, 0.3) is 0 Å². The lowest BCUT2D eigenvalue weighted by Gasteiger charge is -2.33. The minimum absolute atomic E-state index is 0.146. The van der Waals surface area contributed by atoms with Crippen molar-refractivity contribution in [2.75, 3.05) is 26.2 Å². The van der Waals surface area contributed by atoms with Gasteiger partial charge in [0, 0.05) is 38.0 Å². The molecule has 1 aliphatic carbocycles. The highest BCUT2D eigenvalue weighted by Gasteiger charge is 2.33. The summed E-state index contributed by atoms with van der Waals surface area (Å²) < 4.78 is 0. The molecule has 0 spiro atoms. The van der Waals surface area contributed by atoms with Crippen LogP contribution in [0.3, 0.4) is 0 Å². The van der Waals surface area contributed by atoms with E-state index in [0.29, 0.717) is 11.8 Å². The lowest BCUT2D eigenvalue weighted by atomic mass is 9.80. The van der Waals surface area contributed by atoms with Crippen molar-refractivity contribution in [1.29, 1.82) is 0 Å². The number of likely N-dealkylation sites (tertiary alicyclic amines) is 1. The monoisotopic (exact) mass is 308 g/mol. The van der Waals surface area contributed by atoms with Crippen LogP contribution in [-0.2, 0) is 9.59 Å². The maximum atomic E-state index is 12.7. The predicted molar refractivity (Wildman–Crippen MR) is 88.4 cm³/mol. The van der Waals surface area contributed by atoms with Gasteiger partial charge in [-0.05, 0) is 52.4 Å². The van der Waals surface area contributed by atoms with Crippen LogP contribution in [0.2, 0.25) is 0 Å². The third kappa shape index (κ3) is 4.23. The molecule has 2 fully saturated rings. The van der Waals surface area contributed by atoms with E-state index in [9.17, 15) is 9.59 Å². The molecule has 0 aromatic carbocycles. The largest absolute Gasteiger partial charge is 0.343 e. The minimum atomic E-state index is 0.146. The summed E-state index contributed by atoms with van der Waals surface area (Å²) in [5, 5.41) is 0. The van der Waals surface area contributed by atoms with Crippen LogP contribution in [-0.4, -0.2) is 47.8 Å². The first kappa shape index (κ1) is 17.3. The van der Waals surface area contributed by atoms with E-state index < -0.39 is 0 Å². The Labute approximate surface area is 135 Å². The standard InChI is InChI=1S/C18H32N2O2/c1-3-19(4-2)17(21)15-9-11-16(12-10-15)18(22)20-13-7-5-6-8-14-20/h15-16H,3-14H2,1-2H3. The molecule has 0 aromatic rings. The molecule has 0 N–H and O–H groups in total. The van der Waals surface area contributed by atoms with E-state index in [1.165, 1.54) is 12.8 Å². The van der Waals surface area contributed by atoms with Crippen molar-refractivity contribution in [3.8, 4) is 0 Å². The van der Waals surface area contributed by atoms with Crippen LogP contribution < -0.4 is 0 Å². The molecule has 0 atom stereocenters. The first-order valence-electron chi connectivity index (χ1n) is 9.24. The second-order valence-electron chi connectivity index (χ2n) is 6.80. The molecule has 1 aliphatic heterocycles. The van der Waals surface area contributed by atoms with Gasteiger partial charge in [0.25, 0.3) is 0 Å². The Kier molecular flexibility index (Phi) is 6.71. The van der Waals surface area contributed by atoms with Crippen molar-refractivity contribution in [1.82, 2.24) is 9.80 Å². The average Bonchev–Trinajstić information content (AvgIpc) is 2.84. The third-order valence-electron chi connectivity index (χ3n) is 5.42. The molecule has 1 heterocycles. The lowest BCUT2D eigenvalue weighted by Crippen LogP contribution is -2.41. The van der Waals surface area contributed by atoms with Gasteiger partial charge in [0.05, 0.1) is 0 Å². The van der Waals surface area contributed by atoms with E-state index in [1.54, 1.807) is 0 Å². The zero-order chi connectivity index (χ0) is 15.9. The summed E-state index contributed by atoms with van der Waals surface area (Å²) in [5.41, 5.74) is 0. The van der Waals surface area contributed by atoms with Gasteiger partial charge in [0.15, 0.2) is 0 Å². The highest BCUT2D eigenvalue weighted by molar-refractivity contribution is 5.81. The summed E-state index contributed by atoms with van der Waals surface area (Å²) >= 11 is 0. The Bertz CT molecular complexity index is 363. The second-order valence-corrected chi connectivity index (χ2v) is 6.80. The maximum Gasteiger partial charge on any atom is 0.225 e. The Morgan fingerprint density at radius 2 is 1.36 bits per heavy atom. The van der Waals surface area contributed by atoms with Crippen LogP contribution in [0.4, 0.5) is 0 Å². The molecule has 22 heavy (non-hydrogen) atoms. The van der Waals surface area contributed by atoms with Crippen molar-refractivity contribution in [2.24, 2.45) is 11.8 Å². The number of hydrogen-bond donors (Lipinski definition) is 0. The topological polar surface area (TPSA) is 40.6 Å². The van der Waals surface area contributed by atoms with E-state index in [0.717, 1.165) is 64.7 Å². The van der Waals surface area contributed by atoms with Crippen LogP contribution >= 0.6 is 0 Å². The molecule has 2 aliphatic rings. The Morgan fingerprint density at radius 3 is 1.86 bits per heavy atom. The molecule has 1 saturated heterocycles. The van der Waals surface area contributed by atoms with Gasteiger partial charge in [0.1, 0.15) is 0 Å². The first-order chi connectivity index (χ1) is 10.7. The van der Waals surface area contributed by atoms with Crippen molar-refractivity contribution in [3.63, 3.8) is 0 Å². The van der Waals surface area contributed by atoms with Crippen LogP contribution in [0.1, 0.15) is 65.2 Å². The van der Waals surface area contributed by atoms with Gasteiger partial charge < -0.3 is 9.80 Å². The summed E-state index contributed by atoms with van der Waals surface area (Å²) in [6.45, 7) is 7.55. The SMILES string of the molecule is CCN(CC)C(=O)C1CCC(C(=O)N2CCCCCC2)CC1. The van der Waals surface area contributed by atoms with Gasteiger partial charge >= 0.3 is 0 Å². The number of carbonyl (C=O) groups is 2. The molecule has 2 rings (SSSR count). The summed E-state index contributed by atoms with van der Waals surface area (Å²) in [4.78, 5) is 29.1. The van der Waals surface area contributed by atoms with Crippen molar-refractivity contribution < 1.29 is 9.59 Å². The van der Waals surface area contributed by atoms with Gasteiger partial charge in [-0.15, -0.1) is 0 Å². The summed E-state index contributed by atoms with van der Waals surface area (Å²) in [5.74, 6) is 0.966. The normalized spacial score (nSPS) is 26.4. The fourth-order valence-corrected chi connectivity index (χ4v) is 3.93. The highest BCUT2D eigenvalue weighted by atomic mass is 16.2. The molecule has 126 valence electrons. The number of amides is 2. The summed E-state index contributed by atoms with van der Waals surface area (Å²) in [6, 6.07) is 0. The number of nitrogens with zero attached hydrogens (tertiary/aromatic N) is 2. The fourth-order valence-electron chi connectivity index (χ4n) is 3.93. The number of rotatable bonds is 4. The molecule has 4 heteroatoms. The van der Waals surface area contributed by atoms with E-state index in [4.69, 9.17) is 0 Å². The lowest BCUT2D eigenvalue weighted by molar-refractivity contribution is -0.141. The Balaban J connectivity index is 1.83. The van der Waals surface area contributed by atoms with Crippen molar-refractivity contribution >= 4 is 11.8 Å². The van der Waals surface area contributed by atoms with Crippen LogP contribution in [0, 0.1) is 11.8 Å². The van der Waals surface area contributed by atoms with Gasteiger partial charge in [-0.2, -0.15) is 0 Å². The van der Waals surface area contributed by atoms with E-state index >= 15 is 0 Å². The molecular formula is C18H32N2O2. The summed E-state index contributed by atoms with van der Waals surface area (Å²) in [6.07, 6.45) is 8.39. The minimum Gasteiger partial charge on any atom is -0.343 e. The molecule has 2 amide bonds. The molecule has 0 radical (unpaired) electrons. The third-order valence-corrected chi connectivity index (χ3v) is 5.42. The van der Waals surface area contributed by atoms with Gasteiger partial charge in [-0.1, -0.05) is 12.8 Å². The molecule has 0 unspecified atom stereocenters. The zero-order valence-corrected chi connectivity index (χ0v) is 14.4. The van der Waals surface area contributed by atoms with E-state index in [1.807, 2.05) is 18.7 Å². The quantitative estimate of drug-likeness (QED) is 0.801. The molecule has 1 saturated carbocycles. The molecule has 0 aromatic heterocycles. The van der Waals surface area contributed by atoms with Gasteiger partial charge in [-0.3, -0.25) is 9.59 Å². The van der Waals surface area contributed by atoms with E-state index in [2.05, 4.69) is 4.90 Å². The first-order valence-corrected chi connectivity index (χ1v) is 9.24. The maximum absolute atomic E-state index is 12.7. The smallest absolute Gasteiger partial charge is 0.225 e. The Hall–Kier alpha value is -1.06. The van der Waals surface area contributed by atoms with Gasteiger partial charge in [-0.25, -0.2) is 0 Å². The second kappa shape index (κ2) is 8.54. The highest BCUT2D eigenvalue weighted by Crippen LogP contribution is 2.31. The molecule has 0 bridgehead atoms. The molecular weight excluding hydrogens is 276 g/mol. The number of carbonyl (C=O) groups excluding carboxylic acids is 2. The predicted octanol–water partition coefficient (Wildman–Crippen LogP) is 3.06. The van der Waals surface area contributed by atoms with Crippen molar-refractivity contribution in [3.05, 3.63) is 0 Å². The Morgan fingerprint density at radius 1 is 0.864 bits per heavy atom. The van der Waals surface area contributed by atoms with Crippen molar-refractivity contribution in [2.45, 2.75) is 65.2 Å². The average molecular weight is 308 g/mol. The number of hydrogen-bond acceptors (Lipinski definition) is 2. The van der Waals surface area contributed by atoms with Gasteiger partial charge in [0.2, 0.25) is 11.8 Å². The van der Waals surface area contributed by atoms with Crippen LogP contribution in [0.15, 0.2) is 0 Å². The van der Waals surface area contributed by atoms with E-state index in [-0.39, 0.29) is 11.8 Å². The fraction of sp³-hybridized carbons (Fsp3) is 0.889. The van der Waals surface area contributed by atoms with Crippen LogP contribution in [0.5, 0.6) is 0 Å². The molecule has 4 nitrogen and oxygen atoms in total. The summed E-state index contributed by atoms with van der Waals surface area (Å²) in [7, 11) is 0. The zero-order valence-electron chi connectivity index (χ0n) is 14.4.